The fourth-order valence-electron chi connectivity index (χ4n) is 5.47. The average Bonchev–Trinajstić information content (AvgIpc) is 3.20. The molecule has 2 aromatic rings. The van der Waals surface area contributed by atoms with Gasteiger partial charge in [0.15, 0.2) is 5.69 Å². The molecule has 3 heterocycles. The molecule has 0 atom stereocenters. The molecular weight excluding hydrogens is 362 g/mol. The van der Waals surface area contributed by atoms with Crippen molar-refractivity contribution in [1.29, 1.82) is 0 Å². The number of nitrogens with zero attached hydrogens (tertiary/aromatic N) is 3. The van der Waals surface area contributed by atoms with Gasteiger partial charge in [-0.2, -0.15) is 5.10 Å². The second-order valence-electron chi connectivity index (χ2n) is 8.87. The van der Waals surface area contributed by atoms with Gasteiger partial charge in [0.05, 0.1) is 0 Å². The summed E-state index contributed by atoms with van der Waals surface area (Å²) in [6.07, 6.45) is 7.12. The van der Waals surface area contributed by atoms with E-state index in [2.05, 4.69) is 55.6 Å². The number of amides is 1. The molecule has 6 nitrogen and oxygen atoms in total. The van der Waals surface area contributed by atoms with Crippen molar-refractivity contribution in [3.8, 4) is 0 Å². The second kappa shape index (κ2) is 7.92. The maximum absolute atomic E-state index is 13.4. The first kappa shape index (κ1) is 18.8. The van der Waals surface area contributed by atoms with E-state index in [1.54, 1.807) is 0 Å². The SMILES string of the molecule is O=C(c1n[nH]c2c1CNCC2)N1CCN(Cc2ccccc2)C2(CCCCC2)C1. The van der Waals surface area contributed by atoms with Crippen molar-refractivity contribution in [3.63, 3.8) is 0 Å². The molecule has 1 aliphatic carbocycles. The van der Waals surface area contributed by atoms with Crippen molar-refractivity contribution in [3.05, 3.63) is 52.8 Å². The Balaban J connectivity index is 1.37. The lowest BCUT2D eigenvalue weighted by molar-refractivity contribution is -0.0254. The monoisotopic (exact) mass is 393 g/mol. The number of benzene rings is 1. The minimum absolute atomic E-state index is 0.107. The molecule has 29 heavy (non-hydrogen) atoms. The fourth-order valence-corrected chi connectivity index (χ4v) is 5.47. The molecule has 3 aliphatic rings. The maximum atomic E-state index is 13.4. The van der Waals surface area contributed by atoms with E-state index in [1.165, 1.54) is 37.7 Å². The van der Waals surface area contributed by atoms with Crippen molar-refractivity contribution in [1.82, 2.24) is 25.3 Å². The van der Waals surface area contributed by atoms with Gasteiger partial charge < -0.3 is 10.2 Å². The summed E-state index contributed by atoms with van der Waals surface area (Å²) in [7, 11) is 0. The number of aromatic nitrogens is 2. The molecule has 1 spiro atoms. The number of fused-ring (bicyclic) bond motifs is 1. The topological polar surface area (TPSA) is 64.3 Å². The Kier molecular flexibility index (Phi) is 5.14. The number of hydrogen-bond acceptors (Lipinski definition) is 4. The van der Waals surface area contributed by atoms with E-state index in [0.29, 0.717) is 5.69 Å². The van der Waals surface area contributed by atoms with Crippen LogP contribution in [-0.4, -0.2) is 57.6 Å². The minimum Gasteiger partial charge on any atom is -0.334 e. The van der Waals surface area contributed by atoms with E-state index in [-0.39, 0.29) is 11.4 Å². The van der Waals surface area contributed by atoms with Crippen molar-refractivity contribution in [2.45, 2.75) is 57.2 Å². The van der Waals surface area contributed by atoms with Gasteiger partial charge in [-0.05, 0) is 18.4 Å². The Morgan fingerprint density at radius 1 is 1.10 bits per heavy atom. The molecule has 0 bridgehead atoms. The highest BCUT2D eigenvalue weighted by molar-refractivity contribution is 5.94. The molecule has 1 saturated carbocycles. The van der Waals surface area contributed by atoms with Crippen LogP contribution < -0.4 is 5.32 Å². The quantitative estimate of drug-likeness (QED) is 0.842. The molecule has 0 unspecified atom stereocenters. The number of carbonyl (C=O) groups is 1. The predicted octanol–water partition coefficient (Wildman–Crippen LogP) is 2.72. The van der Waals surface area contributed by atoms with Gasteiger partial charge in [0.1, 0.15) is 0 Å². The van der Waals surface area contributed by atoms with Gasteiger partial charge in [-0.1, -0.05) is 49.6 Å². The summed E-state index contributed by atoms with van der Waals surface area (Å²) in [4.78, 5) is 18.2. The first-order valence-corrected chi connectivity index (χ1v) is 11.1. The summed E-state index contributed by atoms with van der Waals surface area (Å²) < 4.78 is 0. The van der Waals surface area contributed by atoms with Crippen LogP contribution in [0.1, 0.15) is 59.4 Å². The number of piperazine rings is 1. The lowest BCUT2D eigenvalue weighted by atomic mass is 9.78. The Bertz CT molecular complexity index is 855. The molecule has 6 heteroatoms. The van der Waals surface area contributed by atoms with Crippen molar-refractivity contribution >= 4 is 5.91 Å². The molecule has 1 amide bonds. The zero-order valence-corrected chi connectivity index (χ0v) is 17.1. The minimum atomic E-state index is 0.107. The van der Waals surface area contributed by atoms with Gasteiger partial charge in [-0.3, -0.25) is 14.8 Å². The molecule has 1 aromatic carbocycles. The van der Waals surface area contributed by atoms with Crippen molar-refractivity contribution in [2.24, 2.45) is 0 Å². The van der Waals surface area contributed by atoms with E-state index in [4.69, 9.17) is 0 Å². The van der Waals surface area contributed by atoms with Gasteiger partial charge in [-0.25, -0.2) is 0 Å². The highest BCUT2D eigenvalue weighted by Gasteiger charge is 2.44. The number of nitrogens with one attached hydrogen (secondary N) is 2. The van der Waals surface area contributed by atoms with Crippen molar-refractivity contribution < 1.29 is 4.79 Å². The summed E-state index contributed by atoms with van der Waals surface area (Å²) in [6.45, 7) is 5.21. The molecule has 5 rings (SSSR count). The van der Waals surface area contributed by atoms with Crippen molar-refractivity contribution in [2.75, 3.05) is 26.2 Å². The number of aromatic amines is 1. The molecule has 1 aromatic heterocycles. The zero-order valence-electron chi connectivity index (χ0n) is 17.1. The highest BCUT2D eigenvalue weighted by atomic mass is 16.2. The normalized spacial score (nSPS) is 21.9. The third kappa shape index (κ3) is 3.60. The standard InChI is InChI=1S/C23H31N5O/c29-22(21-19-15-24-12-9-20(19)25-26-21)27-13-14-28(16-18-7-3-1-4-8-18)23(17-27)10-5-2-6-11-23/h1,3-4,7-8,24H,2,5-6,9-17H2,(H,25,26). The maximum Gasteiger partial charge on any atom is 0.274 e. The van der Waals surface area contributed by atoms with E-state index in [9.17, 15) is 4.79 Å². The number of hydrogen-bond donors (Lipinski definition) is 2. The molecule has 154 valence electrons. The van der Waals surface area contributed by atoms with Gasteiger partial charge in [0.2, 0.25) is 0 Å². The van der Waals surface area contributed by atoms with E-state index in [0.717, 1.165) is 56.9 Å². The molecule has 2 N–H and O–H groups in total. The van der Waals surface area contributed by atoms with Crippen LogP contribution in [0.15, 0.2) is 30.3 Å². The second-order valence-corrected chi connectivity index (χ2v) is 8.87. The van der Waals surface area contributed by atoms with E-state index < -0.39 is 0 Å². The Labute approximate surface area is 172 Å². The molecule has 2 aliphatic heterocycles. The van der Waals surface area contributed by atoms with Crippen LogP contribution in [0.4, 0.5) is 0 Å². The number of rotatable bonds is 3. The van der Waals surface area contributed by atoms with Crippen LogP contribution in [0.5, 0.6) is 0 Å². The lowest BCUT2D eigenvalue weighted by Gasteiger charge is -2.53. The predicted molar refractivity (Wildman–Crippen MR) is 113 cm³/mol. The summed E-state index contributed by atoms with van der Waals surface area (Å²) >= 11 is 0. The van der Waals surface area contributed by atoms with Crippen LogP contribution in [0.2, 0.25) is 0 Å². The summed E-state index contributed by atoms with van der Waals surface area (Å²) in [5.74, 6) is 0.107. The summed E-state index contributed by atoms with van der Waals surface area (Å²) in [5, 5.41) is 10.9. The molecule has 0 radical (unpaired) electrons. The Morgan fingerprint density at radius 3 is 2.76 bits per heavy atom. The first-order chi connectivity index (χ1) is 14.3. The third-order valence-electron chi connectivity index (χ3n) is 7.09. The summed E-state index contributed by atoms with van der Waals surface area (Å²) in [6, 6.07) is 10.8. The van der Waals surface area contributed by atoms with E-state index >= 15 is 0 Å². The van der Waals surface area contributed by atoms with Gasteiger partial charge >= 0.3 is 0 Å². The van der Waals surface area contributed by atoms with Crippen LogP contribution in [0.3, 0.4) is 0 Å². The van der Waals surface area contributed by atoms with Crippen LogP contribution >= 0.6 is 0 Å². The van der Waals surface area contributed by atoms with Gasteiger partial charge in [0, 0.05) is 62.5 Å². The zero-order chi connectivity index (χ0) is 19.7. The van der Waals surface area contributed by atoms with Gasteiger partial charge in [-0.15, -0.1) is 0 Å². The van der Waals surface area contributed by atoms with E-state index in [1.807, 2.05) is 0 Å². The number of H-pyrrole nitrogens is 1. The highest BCUT2D eigenvalue weighted by Crippen LogP contribution is 2.38. The van der Waals surface area contributed by atoms with Crippen LogP contribution in [-0.2, 0) is 19.5 Å². The van der Waals surface area contributed by atoms with Crippen LogP contribution in [0.25, 0.3) is 0 Å². The summed E-state index contributed by atoms with van der Waals surface area (Å²) in [5.41, 5.74) is 4.31. The number of carbonyl (C=O) groups excluding carboxylic acids is 1. The Morgan fingerprint density at radius 2 is 1.93 bits per heavy atom. The molecular formula is C23H31N5O. The Hall–Kier alpha value is -2.18. The average molecular weight is 394 g/mol. The smallest absolute Gasteiger partial charge is 0.274 e. The third-order valence-corrected chi connectivity index (χ3v) is 7.09. The molecule has 1 saturated heterocycles. The van der Waals surface area contributed by atoms with Gasteiger partial charge in [0.25, 0.3) is 5.91 Å². The van der Waals surface area contributed by atoms with Crippen LogP contribution in [0, 0.1) is 0 Å². The largest absolute Gasteiger partial charge is 0.334 e. The fraction of sp³-hybridized carbons (Fsp3) is 0.565. The first-order valence-electron chi connectivity index (χ1n) is 11.1. The lowest BCUT2D eigenvalue weighted by Crippen LogP contribution is -2.63. The molecule has 2 fully saturated rings.